The number of amides is 3. The molecular formula is C13H16N2O2S. The third-order valence-corrected chi connectivity index (χ3v) is 3.84. The van der Waals surface area contributed by atoms with Gasteiger partial charge in [-0.1, -0.05) is 13.3 Å². The van der Waals surface area contributed by atoms with Crippen LogP contribution in [0.3, 0.4) is 0 Å². The Balaban J connectivity index is 2.17. The molecule has 0 radical (unpaired) electrons. The monoisotopic (exact) mass is 264 g/mol. The molecule has 1 N–H and O–H groups in total. The fourth-order valence-electron chi connectivity index (χ4n) is 1.75. The smallest absolute Gasteiger partial charge is 0.303 e. The summed E-state index contributed by atoms with van der Waals surface area (Å²) in [6, 6.07) is 1.68. The lowest BCUT2D eigenvalue weighted by Crippen LogP contribution is -2.31. The Bertz CT molecular complexity index is 505. The zero-order valence-corrected chi connectivity index (χ0v) is 11.3. The van der Waals surface area contributed by atoms with Gasteiger partial charge < -0.3 is 5.32 Å². The molecule has 0 atom stereocenters. The van der Waals surface area contributed by atoms with E-state index in [9.17, 15) is 9.59 Å². The first-order valence-corrected chi connectivity index (χ1v) is 6.90. The van der Waals surface area contributed by atoms with E-state index in [2.05, 4.69) is 5.32 Å². The highest BCUT2D eigenvalue weighted by Gasteiger charge is 2.32. The fourth-order valence-corrected chi connectivity index (χ4v) is 2.61. The number of rotatable bonds is 4. The third-order valence-electron chi connectivity index (χ3n) is 2.87. The summed E-state index contributed by atoms with van der Waals surface area (Å²) in [6.45, 7) is 4.51. The maximum atomic E-state index is 12.0. The molecule has 1 aliphatic rings. The first-order valence-electron chi connectivity index (χ1n) is 6.02. The topological polar surface area (TPSA) is 49.4 Å². The van der Waals surface area contributed by atoms with Crippen molar-refractivity contribution in [2.45, 2.75) is 26.7 Å². The molecule has 0 aromatic carbocycles. The highest BCUT2D eigenvalue weighted by molar-refractivity contribution is 7.11. The Hall–Kier alpha value is -1.62. The minimum absolute atomic E-state index is 0.221. The molecule has 0 spiro atoms. The average Bonchev–Trinajstić information content (AvgIpc) is 2.84. The van der Waals surface area contributed by atoms with Gasteiger partial charge in [-0.15, -0.1) is 11.3 Å². The second kappa shape index (κ2) is 5.35. The van der Waals surface area contributed by atoms with Crippen molar-refractivity contribution in [2.24, 2.45) is 0 Å². The zero-order valence-electron chi connectivity index (χ0n) is 10.5. The number of nitrogens with zero attached hydrogens (tertiary/aromatic N) is 1. The van der Waals surface area contributed by atoms with Crippen LogP contribution in [0.25, 0.3) is 6.08 Å². The molecule has 1 aliphatic heterocycles. The highest BCUT2D eigenvalue weighted by Crippen LogP contribution is 2.21. The molecule has 18 heavy (non-hydrogen) atoms. The number of thiophene rings is 1. The van der Waals surface area contributed by atoms with Crippen molar-refractivity contribution in [3.8, 4) is 0 Å². The normalized spacial score (nSPS) is 17.7. The molecular weight excluding hydrogens is 248 g/mol. The molecule has 0 aliphatic carbocycles. The lowest BCUT2D eigenvalue weighted by Gasteiger charge is -2.09. The van der Waals surface area contributed by atoms with Gasteiger partial charge in [-0.2, -0.15) is 0 Å². The van der Waals surface area contributed by atoms with Crippen LogP contribution in [0, 0.1) is 6.92 Å². The summed E-state index contributed by atoms with van der Waals surface area (Å²) >= 11 is 1.56. The van der Waals surface area contributed by atoms with E-state index < -0.39 is 0 Å². The standard InChI is InChI=1S/C13H16N2O2S/c1-3-4-6-15-12(16)10(14-13(15)17)8-11-9(2)5-7-18-11/h5,7-8H,3-4,6H2,1-2H3,(H,14,17). The molecule has 1 saturated heterocycles. The van der Waals surface area contributed by atoms with Crippen LogP contribution in [0.4, 0.5) is 4.79 Å². The van der Waals surface area contributed by atoms with Crippen molar-refractivity contribution >= 4 is 29.4 Å². The van der Waals surface area contributed by atoms with Crippen molar-refractivity contribution in [2.75, 3.05) is 6.54 Å². The van der Waals surface area contributed by atoms with Crippen LogP contribution in [0.5, 0.6) is 0 Å². The second-order valence-corrected chi connectivity index (χ2v) is 5.21. The number of carbonyl (C=O) groups excluding carboxylic acids is 2. The molecule has 0 unspecified atom stereocenters. The molecule has 4 nitrogen and oxygen atoms in total. The van der Waals surface area contributed by atoms with Crippen LogP contribution >= 0.6 is 11.3 Å². The fraction of sp³-hybridized carbons (Fsp3) is 0.385. The Morgan fingerprint density at radius 1 is 1.44 bits per heavy atom. The van der Waals surface area contributed by atoms with Crippen molar-refractivity contribution in [3.05, 3.63) is 27.6 Å². The van der Waals surface area contributed by atoms with Gasteiger partial charge in [-0.05, 0) is 36.4 Å². The van der Waals surface area contributed by atoms with E-state index in [1.807, 2.05) is 25.3 Å². The van der Waals surface area contributed by atoms with Crippen molar-refractivity contribution in [1.82, 2.24) is 10.2 Å². The number of hydrogen-bond acceptors (Lipinski definition) is 3. The SMILES string of the molecule is CCCCN1C(=O)NC(=Cc2sccc2C)C1=O. The highest BCUT2D eigenvalue weighted by atomic mass is 32.1. The summed E-state index contributed by atoms with van der Waals surface area (Å²) in [6.07, 6.45) is 3.55. The van der Waals surface area contributed by atoms with E-state index in [0.717, 1.165) is 23.3 Å². The maximum Gasteiger partial charge on any atom is 0.329 e. The summed E-state index contributed by atoms with van der Waals surface area (Å²) in [5.41, 5.74) is 1.49. The predicted octanol–water partition coefficient (Wildman–Crippen LogP) is 2.75. The summed E-state index contributed by atoms with van der Waals surface area (Å²) in [5, 5.41) is 4.60. The van der Waals surface area contributed by atoms with Gasteiger partial charge in [0.25, 0.3) is 5.91 Å². The van der Waals surface area contributed by atoms with Gasteiger partial charge in [-0.3, -0.25) is 9.69 Å². The number of unbranched alkanes of at least 4 members (excludes halogenated alkanes) is 1. The lowest BCUT2D eigenvalue weighted by atomic mass is 10.2. The van der Waals surface area contributed by atoms with E-state index in [-0.39, 0.29) is 11.9 Å². The van der Waals surface area contributed by atoms with E-state index in [4.69, 9.17) is 0 Å². The Kier molecular flexibility index (Phi) is 3.81. The predicted molar refractivity (Wildman–Crippen MR) is 72.2 cm³/mol. The number of hydrogen-bond donors (Lipinski definition) is 1. The first kappa shape index (κ1) is 12.8. The van der Waals surface area contributed by atoms with Gasteiger partial charge >= 0.3 is 6.03 Å². The van der Waals surface area contributed by atoms with Crippen molar-refractivity contribution in [1.29, 1.82) is 0 Å². The zero-order chi connectivity index (χ0) is 13.1. The van der Waals surface area contributed by atoms with Crippen LogP contribution in [0.2, 0.25) is 0 Å². The molecule has 0 bridgehead atoms. The van der Waals surface area contributed by atoms with Crippen molar-refractivity contribution in [3.63, 3.8) is 0 Å². The number of aryl methyl sites for hydroxylation is 1. The molecule has 5 heteroatoms. The maximum absolute atomic E-state index is 12.0. The summed E-state index contributed by atoms with van der Waals surface area (Å²) in [4.78, 5) is 26.0. The molecule has 0 saturated carbocycles. The molecule has 1 fully saturated rings. The van der Waals surface area contributed by atoms with Gasteiger partial charge in [0, 0.05) is 11.4 Å². The van der Waals surface area contributed by atoms with Crippen LogP contribution in [-0.4, -0.2) is 23.4 Å². The summed E-state index contributed by atoms with van der Waals surface area (Å²) < 4.78 is 0. The van der Waals surface area contributed by atoms with Crippen LogP contribution in [-0.2, 0) is 4.79 Å². The first-order chi connectivity index (χ1) is 8.63. The molecule has 3 amide bonds. The minimum Gasteiger partial charge on any atom is -0.303 e. The molecule has 2 heterocycles. The van der Waals surface area contributed by atoms with Gasteiger partial charge in [0.2, 0.25) is 0 Å². The van der Waals surface area contributed by atoms with E-state index in [1.54, 1.807) is 17.4 Å². The second-order valence-electron chi connectivity index (χ2n) is 4.27. The Morgan fingerprint density at radius 2 is 2.22 bits per heavy atom. The summed E-state index contributed by atoms with van der Waals surface area (Å²) in [7, 11) is 0. The van der Waals surface area contributed by atoms with E-state index in [1.165, 1.54) is 4.90 Å². The third kappa shape index (κ3) is 2.46. The largest absolute Gasteiger partial charge is 0.329 e. The molecule has 1 aromatic rings. The van der Waals surface area contributed by atoms with E-state index >= 15 is 0 Å². The van der Waals surface area contributed by atoms with Gasteiger partial charge in [0.05, 0.1) is 0 Å². The molecule has 1 aromatic heterocycles. The van der Waals surface area contributed by atoms with Gasteiger partial charge in [-0.25, -0.2) is 4.79 Å². The lowest BCUT2D eigenvalue weighted by molar-refractivity contribution is -0.122. The Labute approximate surface area is 110 Å². The quantitative estimate of drug-likeness (QED) is 0.671. The summed E-state index contributed by atoms with van der Waals surface area (Å²) in [5.74, 6) is -0.221. The number of urea groups is 1. The number of imide groups is 1. The van der Waals surface area contributed by atoms with Gasteiger partial charge in [0.15, 0.2) is 0 Å². The van der Waals surface area contributed by atoms with Crippen LogP contribution in [0.1, 0.15) is 30.2 Å². The molecule has 2 rings (SSSR count). The van der Waals surface area contributed by atoms with E-state index in [0.29, 0.717) is 12.2 Å². The van der Waals surface area contributed by atoms with Crippen molar-refractivity contribution < 1.29 is 9.59 Å². The minimum atomic E-state index is -0.311. The average molecular weight is 264 g/mol. The van der Waals surface area contributed by atoms with Gasteiger partial charge in [0.1, 0.15) is 5.70 Å². The Morgan fingerprint density at radius 3 is 2.83 bits per heavy atom. The van der Waals surface area contributed by atoms with Crippen LogP contribution < -0.4 is 5.32 Å². The number of nitrogens with one attached hydrogen (secondary N) is 1. The number of carbonyl (C=O) groups is 2. The molecule has 96 valence electrons. The van der Waals surface area contributed by atoms with Crippen LogP contribution in [0.15, 0.2) is 17.1 Å².